The number of pyridine rings is 1. The Kier molecular flexibility index (Phi) is 3.89. The summed E-state index contributed by atoms with van der Waals surface area (Å²) in [5.74, 6) is -0.348. The molecule has 2 heterocycles. The van der Waals surface area contributed by atoms with Crippen LogP contribution in [-0.2, 0) is 0 Å². The van der Waals surface area contributed by atoms with Crippen molar-refractivity contribution in [1.29, 1.82) is 0 Å². The number of hydrogen-bond donors (Lipinski definition) is 3. The number of carbonyl (C=O) groups is 1. The highest BCUT2D eigenvalue weighted by Gasteiger charge is 2.33. The van der Waals surface area contributed by atoms with Crippen molar-refractivity contribution in [3.8, 4) is 0 Å². The number of hydrogen-bond acceptors (Lipinski definition) is 4. The van der Waals surface area contributed by atoms with Gasteiger partial charge in [-0.15, -0.1) is 0 Å². The molecule has 8 heteroatoms. The first-order valence-electron chi connectivity index (χ1n) is 7.82. The van der Waals surface area contributed by atoms with E-state index in [0.717, 1.165) is 12.8 Å². The average Bonchev–Trinajstić information content (AvgIpc) is 3.35. The number of aliphatic hydroxyl groups excluding tert-OH is 1. The number of anilines is 1. The van der Waals surface area contributed by atoms with Gasteiger partial charge in [0.25, 0.3) is 5.91 Å². The molecule has 0 spiro atoms. The number of nitrogens with zero attached hydrogens (tertiary/aromatic N) is 2. The molecular weight excluding hydrogens is 347 g/mol. The van der Waals surface area contributed by atoms with Gasteiger partial charge in [-0.05, 0) is 43.0 Å². The highest BCUT2D eigenvalue weighted by Crippen LogP contribution is 2.40. The Balaban J connectivity index is 1.65. The molecule has 128 valence electrons. The summed E-state index contributed by atoms with van der Waals surface area (Å²) in [5, 5.41) is 12.8. The molecule has 1 aromatic carbocycles. The summed E-state index contributed by atoms with van der Waals surface area (Å²) in [6.45, 7) is 0. The summed E-state index contributed by atoms with van der Waals surface area (Å²) < 4.78 is 13.2. The van der Waals surface area contributed by atoms with Crippen molar-refractivity contribution < 1.29 is 14.3 Å². The predicted molar refractivity (Wildman–Crippen MR) is 90.9 cm³/mol. The molecule has 1 amide bonds. The topological polar surface area (TPSA) is 90.9 Å². The van der Waals surface area contributed by atoms with Gasteiger partial charge in [-0.2, -0.15) is 0 Å². The Morgan fingerprint density at radius 3 is 2.92 bits per heavy atom. The molecule has 1 saturated carbocycles. The summed E-state index contributed by atoms with van der Waals surface area (Å²) in [7, 11) is 0. The molecule has 1 atom stereocenters. The molecule has 6 nitrogen and oxygen atoms in total. The Hall–Kier alpha value is -2.51. The van der Waals surface area contributed by atoms with E-state index in [1.165, 1.54) is 24.4 Å². The van der Waals surface area contributed by atoms with Gasteiger partial charge >= 0.3 is 0 Å². The van der Waals surface area contributed by atoms with Gasteiger partial charge in [-0.3, -0.25) is 4.79 Å². The van der Waals surface area contributed by atoms with Gasteiger partial charge in [0.2, 0.25) is 0 Å². The van der Waals surface area contributed by atoms with Crippen LogP contribution in [0.25, 0.3) is 11.2 Å². The summed E-state index contributed by atoms with van der Waals surface area (Å²) >= 11 is 5.73. The van der Waals surface area contributed by atoms with Crippen molar-refractivity contribution in [3.63, 3.8) is 0 Å². The fourth-order valence-electron chi connectivity index (χ4n) is 2.67. The van der Waals surface area contributed by atoms with Crippen molar-refractivity contribution in [3.05, 3.63) is 52.7 Å². The minimum atomic E-state index is -0.680. The number of fused-ring (bicyclic) bond motifs is 1. The lowest BCUT2D eigenvalue weighted by molar-refractivity contribution is 0.102. The highest BCUT2D eigenvalue weighted by atomic mass is 35.5. The Morgan fingerprint density at radius 1 is 1.40 bits per heavy atom. The van der Waals surface area contributed by atoms with E-state index in [0.29, 0.717) is 28.2 Å². The maximum atomic E-state index is 13.2. The van der Waals surface area contributed by atoms with Crippen LogP contribution in [0, 0.1) is 11.7 Å². The molecule has 1 fully saturated rings. The van der Waals surface area contributed by atoms with Crippen molar-refractivity contribution in [2.24, 2.45) is 5.92 Å². The zero-order chi connectivity index (χ0) is 17.6. The number of rotatable bonds is 4. The first-order valence-corrected chi connectivity index (χ1v) is 8.20. The lowest BCUT2D eigenvalue weighted by Gasteiger charge is -2.07. The molecule has 0 saturated heterocycles. The van der Waals surface area contributed by atoms with Gasteiger partial charge in [-0.1, -0.05) is 11.6 Å². The number of amides is 1. The van der Waals surface area contributed by atoms with Crippen molar-refractivity contribution >= 4 is 34.4 Å². The normalized spacial score (nSPS) is 15.3. The molecule has 1 aliphatic carbocycles. The summed E-state index contributed by atoms with van der Waals surface area (Å²) in [6.07, 6.45) is 2.72. The number of halogens is 2. The predicted octanol–water partition coefficient (Wildman–Crippen LogP) is 3.45. The number of carbonyl (C=O) groups excluding carboxylic acids is 1. The third-order valence-electron chi connectivity index (χ3n) is 4.18. The second-order valence-corrected chi connectivity index (χ2v) is 6.45. The lowest BCUT2D eigenvalue weighted by Crippen LogP contribution is -2.12. The van der Waals surface area contributed by atoms with Crippen LogP contribution in [0.3, 0.4) is 0 Å². The number of aliphatic hydroxyl groups is 1. The third kappa shape index (κ3) is 3.08. The van der Waals surface area contributed by atoms with E-state index >= 15 is 0 Å². The number of aromatic nitrogens is 3. The molecule has 0 radical (unpaired) electrons. The third-order valence-corrected chi connectivity index (χ3v) is 4.47. The maximum absolute atomic E-state index is 13.2. The molecule has 25 heavy (non-hydrogen) atoms. The molecule has 1 aliphatic rings. The standard InChI is InChI=1S/C17H14ClFN4O2/c18-11-7-9(3-4-12(11)19)21-17(25)10-5-6-20-15-13(10)22-16(23-15)14(24)8-1-2-8/h3-8,14,24H,1-2H2,(H,21,25)(H,20,22,23). The molecule has 2 aromatic heterocycles. The molecule has 0 bridgehead atoms. The molecule has 1 unspecified atom stereocenters. The first-order chi connectivity index (χ1) is 12.0. The largest absolute Gasteiger partial charge is 0.385 e. The minimum Gasteiger partial charge on any atom is -0.385 e. The molecular formula is C17H14ClFN4O2. The van der Waals surface area contributed by atoms with E-state index in [-0.39, 0.29) is 10.9 Å². The zero-order valence-electron chi connectivity index (χ0n) is 13.0. The SMILES string of the molecule is O=C(Nc1ccc(F)c(Cl)c1)c1ccnc2nc(C(O)C3CC3)[nH]c12. The Labute approximate surface area is 147 Å². The van der Waals surface area contributed by atoms with Crippen LogP contribution in [0.4, 0.5) is 10.1 Å². The quantitative estimate of drug-likeness (QED) is 0.664. The van der Waals surface area contributed by atoms with E-state index in [4.69, 9.17) is 11.6 Å². The van der Waals surface area contributed by atoms with Crippen molar-refractivity contribution in [2.75, 3.05) is 5.32 Å². The maximum Gasteiger partial charge on any atom is 0.257 e. The molecule has 3 aromatic rings. The highest BCUT2D eigenvalue weighted by molar-refractivity contribution is 6.31. The van der Waals surface area contributed by atoms with Gasteiger partial charge < -0.3 is 15.4 Å². The summed E-state index contributed by atoms with van der Waals surface area (Å²) in [5.41, 5.74) is 1.51. The monoisotopic (exact) mass is 360 g/mol. The van der Waals surface area contributed by atoms with Crippen LogP contribution in [0.15, 0.2) is 30.5 Å². The number of H-pyrrole nitrogens is 1. The number of benzene rings is 1. The van der Waals surface area contributed by atoms with Crippen molar-refractivity contribution in [2.45, 2.75) is 18.9 Å². The number of aromatic amines is 1. The van der Waals surface area contributed by atoms with Crippen LogP contribution in [0.2, 0.25) is 5.02 Å². The van der Waals surface area contributed by atoms with E-state index in [2.05, 4.69) is 20.3 Å². The molecule has 0 aliphatic heterocycles. The van der Waals surface area contributed by atoms with Gasteiger partial charge in [0.05, 0.1) is 16.1 Å². The Bertz CT molecular complexity index is 970. The molecule has 3 N–H and O–H groups in total. The summed E-state index contributed by atoms with van der Waals surface area (Å²) in [6, 6.07) is 5.49. The second-order valence-electron chi connectivity index (χ2n) is 6.04. The number of nitrogens with one attached hydrogen (secondary N) is 2. The Morgan fingerprint density at radius 2 is 2.20 bits per heavy atom. The second kappa shape index (κ2) is 6.09. The van der Waals surface area contributed by atoms with Gasteiger partial charge in [0.15, 0.2) is 5.65 Å². The van der Waals surface area contributed by atoms with Crippen LogP contribution < -0.4 is 5.32 Å². The van der Waals surface area contributed by atoms with E-state index < -0.39 is 17.8 Å². The fourth-order valence-corrected chi connectivity index (χ4v) is 2.85. The fraction of sp³-hybridized carbons (Fsp3) is 0.235. The van der Waals surface area contributed by atoms with Crippen LogP contribution >= 0.6 is 11.6 Å². The van der Waals surface area contributed by atoms with Crippen LogP contribution in [0.5, 0.6) is 0 Å². The van der Waals surface area contributed by atoms with Crippen molar-refractivity contribution in [1.82, 2.24) is 15.0 Å². The van der Waals surface area contributed by atoms with Crippen LogP contribution in [0.1, 0.15) is 35.1 Å². The molecule has 4 rings (SSSR count). The van der Waals surface area contributed by atoms with Gasteiger partial charge in [0, 0.05) is 11.9 Å². The van der Waals surface area contributed by atoms with Crippen LogP contribution in [-0.4, -0.2) is 26.0 Å². The lowest BCUT2D eigenvalue weighted by atomic mass is 10.2. The van der Waals surface area contributed by atoms with E-state index in [1.807, 2.05) is 0 Å². The van der Waals surface area contributed by atoms with Gasteiger partial charge in [0.1, 0.15) is 17.7 Å². The average molecular weight is 361 g/mol. The van der Waals surface area contributed by atoms with Gasteiger partial charge in [-0.25, -0.2) is 14.4 Å². The number of imidazole rings is 1. The smallest absolute Gasteiger partial charge is 0.257 e. The van der Waals surface area contributed by atoms with E-state index in [1.54, 1.807) is 6.07 Å². The zero-order valence-corrected chi connectivity index (χ0v) is 13.7. The first kappa shape index (κ1) is 16.0. The minimum absolute atomic E-state index is 0.0749. The van der Waals surface area contributed by atoms with E-state index in [9.17, 15) is 14.3 Å². The summed E-state index contributed by atoms with van der Waals surface area (Å²) in [4.78, 5) is 24.0.